The molecule has 0 saturated heterocycles. The zero-order chi connectivity index (χ0) is 13.6. The molecule has 2 amide bonds. The molecule has 18 heavy (non-hydrogen) atoms. The SMILES string of the molecule is C/C(=C\NC(=O)NCc1ccncc1)C(C)(C)C. The van der Waals surface area contributed by atoms with E-state index >= 15 is 0 Å². The van der Waals surface area contributed by atoms with Crippen LogP contribution in [0.4, 0.5) is 4.79 Å². The van der Waals surface area contributed by atoms with E-state index in [9.17, 15) is 4.79 Å². The Morgan fingerprint density at radius 1 is 1.33 bits per heavy atom. The number of rotatable bonds is 3. The van der Waals surface area contributed by atoms with Gasteiger partial charge in [-0.15, -0.1) is 0 Å². The van der Waals surface area contributed by atoms with Crippen LogP contribution in [0, 0.1) is 5.41 Å². The standard InChI is InChI=1S/C14H21N3O/c1-11(14(2,3)4)9-16-13(18)17-10-12-5-7-15-8-6-12/h5-9H,10H2,1-4H3,(H2,16,17,18)/b11-9+. The van der Waals surface area contributed by atoms with Gasteiger partial charge in [0.2, 0.25) is 0 Å². The molecule has 0 spiro atoms. The van der Waals surface area contributed by atoms with Gasteiger partial charge in [0, 0.05) is 25.1 Å². The zero-order valence-corrected chi connectivity index (χ0v) is 11.4. The average Bonchev–Trinajstić information content (AvgIpc) is 2.33. The van der Waals surface area contributed by atoms with Crippen molar-refractivity contribution in [1.29, 1.82) is 0 Å². The second-order valence-electron chi connectivity index (χ2n) is 5.26. The Balaban J connectivity index is 2.39. The number of nitrogens with one attached hydrogen (secondary N) is 2. The first-order chi connectivity index (χ1) is 8.39. The normalized spacial score (nSPS) is 12.1. The number of amides is 2. The average molecular weight is 247 g/mol. The van der Waals surface area contributed by atoms with Gasteiger partial charge in [-0.25, -0.2) is 4.79 Å². The van der Waals surface area contributed by atoms with Gasteiger partial charge in [-0.2, -0.15) is 0 Å². The summed E-state index contributed by atoms with van der Waals surface area (Å²) in [7, 11) is 0. The van der Waals surface area contributed by atoms with E-state index in [1.807, 2.05) is 19.1 Å². The van der Waals surface area contributed by atoms with Crippen LogP contribution in [-0.4, -0.2) is 11.0 Å². The summed E-state index contributed by atoms with van der Waals surface area (Å²) < 4.78 is 0. The molecule has 1 aromatic heterocycles. The van der Waals surface area contributed by atoms with Crippen molar-refractivity contribution in [2.45, 2.75) is 34.2 Å². The summed E-state index contributed by atoms with van der Waals surface area (Å²) >= 11 is 0. The predicted octanol–water partition coefficient (Wildman–Crippen LogP) is 2.83. The fraction of sp³-hybridized carbons (Fsp3) is 0.429. The number of aromatic nitrogens is 1. The third-order valence-electron chi connectivity index (χ3n) is 2.81. The van der Waals surface area contributed by atoms with Gasteiger partial charge in [-0.1, -0.05) is 26.3 Å². The molecular formula is C14H21N3O. The van der Waals surface area contributed by atoms with E-state index in [0.717, 1.165) is 11.1 Å². The monoisotopic (exact) mass is 247 g/mol. The lowest BCUT2D eigenvalue weighted by Gasteiger charge is -2.19. The molecule has 0 atom stereocenters. The van der Waals surface area contributed by atoms with Crippen molar-refractivity contribution in [3.05, 3.63) is 41.9 Å². The highest BCUT2D eigenvalue weighted by Gasteiger charge is 2.12. The molecule has 1 rings (SSSR count). The molecule has 1 heterocycles. The summed E-state index contributed by atoms with van der Waals surface area (Å²) in [5.41, 5.74) is 2.22. The Kier molecular flexibility index (Phi) is 4.89. The fourth-order valence-electron chi connectivity index (χ4n) is 1.12. The van der Waals surface area contributed by atoms with Gasteiger partial charge in [-0.05, 0) is 30.0 Å². The molecule has 0 bridgehead atoms. The van der Waals surface area contributed by atoms with Crippen LogP contribution in [0.15, 0.2) is 36.3 Å². The molecule has 0 aliphatic rings. The van der Waals surface area contributed by atoms with Crippen molar-refractivity contribution in [2.75, 3.05) is 0 Å². The highest BCUT2D eigenvalue weighted by Crippen LogP contribution is 2.23. The molecular weight excluding hydrogens is 226 g/mol. The maximum Gasteiger partial charge on any atom is 0.319 e. The van der Waals surface area contributed by atoms with E-state index in [1.54, 1.807) is 18.6 Å². The third-order valence-corrected chi connectivity index (χ3v) is 2.81. The van der Waals surface area contributed by atoms with Crippen LogP contribution >= 0.6 is 0 Å². The number of hydrogen-bond acceptors (Lipinski definition) is 2. The van der Waals surface area contributed by atoms with Gasteiger partial charge in [0.1, 0.15) is 0 Å². The van der Waals surface area contributed by atoms with E-state index < -0.39 is 0 Å². The molecule has 0 radical (unpaired) electrons. The molecule has 4 nitrogen and oxygen atoms in total. The topological polar surface area (TPSA) is 54.0 Å². The first-order valence-corrected chi connectivity index (χ1v) is 6.00. The van der Waals surface area contributed by atoms with Crippen LogP contribution in [0.25, 0.3) is 0 Å². The first kappa shape index (κ1) is 14.2. The molecule has 0 aromatic carbocycles. The van der Waals surface area contributed by atoms with Crippen molar-refractivity contribution in [3.8, 4) is 0 Å². The zero-order valence-electron chi connectivity index (χ0n) is 11.4. The Labute approximate surface area is 109 Å². The van der Waals surface area contributed by atoms with Crippen molar-refractivity contribution in [1.82, 2.24) is 15.6 Å². The summed E-state index contributed by atoms with van der Waals surface area (Å²) in [5, 5.41) is 5.51. The van der Waals surface area contributed by atoms with Gasteiger partial charge in [0.15, 0.2) is 0 Å². The molecule has 98 valence electrons. The van der Waals surface area contributed by atoms with Crippen LogP contribution in [0.5, 0.6) is 0 Å². The number of nitrogens with zero attached hydrogens (tertiary/aromatic N) is 1. The molecule has 0 unspecified atom stereocenters. The number of carbonyl (C=O) groups is 1. The predicted molar refractivity (Wildman–Crippen MR) is 72.8 cm³/mol. The second kappa shape index (κ2) is 6.19. The molecule has 4 heteroatoms. The fourth-order valence-corrected chi connectivity index (χ4v) is 1.12. The van der Waals surface area contributed by atoms with E-state index in [1.165, 1.54) is 0 Å². The minimum absolute atomic E-state index is 0.0678. The molecule has 0 aliphatic carbocycles. The van der Waals surface area contributed by atoms with E-state index in [0.29, 0.717) is 6.54 Å². The molecule has 0 fully saturated rings. The number of urea groups is 1. The van der Waals surface area contributed by atoms with Crippen molar-refractivity contribution in [3.63, 3.8) is 0 Å². The Morgan fingerprint density at radius 2 is 1.94 bits per heavy atom. The summed E-state index contributed by atoms with van der Waals surface area (Å²) in [6, 6.07) is 3.54. The summed E-state index contributed by atoms with van der Waals surface area (Å²) in [6.07, 6.45) is 5.17. The van der Waals surface area contributed by atoms with E-state index in [4.69, 9.17) is 0 Å². The smallest absolute Gasteiger partial charge is 0.319 e. The molecule has 1 aromatic rings. The Bertz CT molecular complexity index is 418. The highest BCUT2D eigenvalue weighted by atomic mass is 16.2. The van der Waals surface area contributed by atoms with Gasteiger partial charge in [0.05, 0.1) is 0 Å². The van der Waals surface area contributed by atoms with Gasteiger partial charge >= 0.3 is 6.03 Å². The summed E-state index contributed by atoms with van der Waals surface area (Å²) in [6.45, 7) is 8.82. The largest absolute Gasteiger partial charge is 0.334 e. The minimum Gasteiger partial charge on any atom is -0.334 e. The highest BCUT2D eigenvalue weighted by molar-refractivity contribution is 5.74. The molecule has 0 saturated carbocycles. The maximum absolute atomic E-state index is 11.6. The molecule has 2 N–H and O–H groups in total. The van der Waals surface area contributed by atoms with E-state index in [2.05, 4.69) is 36.4 Å². The first-order valence-electron chi connectivity index (χ1n) is 6.00. The van der Waals surface area contributed by atoms with Crippen molar-refractivity contribution in [2.24, 2.45) is 5.41 Å². The number of hydrogen-bond donors (Lipinski definition) is 2. The summed E-state index contributed by atoms with van der Waals surface area (Å²) in [4.78, 5) is 15.5. The Morgan fingerprint density at radius 3 is 2.50 bits per heavy atom. The van der Waals surface area contributed by atoms with Crippen LogP contribution < -0.4 is 10.6 Å². The number of pyridine rings is 1. The lowest BCUT2D eigenvalue weighted by molar-refractivity contribution is 0.243. The lowest BCUT2D eigenvalue weighted by Crippen LogP contribution is -2.32. The second-order valence-corrected chi connectivity index (χ2v) is 5.26. The van der Waals surface area contributed by atoms with Crippen molar-refractivity contribution >= 4 is 6.03 Å². The maximum atomic E-state index is 11.6. The van der Waals surface area contributed by atoms with Gasteiger partial charge in [0.25, 0.3) is 0 Å². The van der Waals surface area contributed by atoms with Crippen LogP contribution in [0.2, 0.25) is 0 Å². The van der Waals surface area contributed by atoms with Crippen LogP contribution in [-0.2, 0) is 6.54 Å². The summed E-state index contributed by atoms with van der Waals surface area (Å²) in [5.74, 6) is 0. The van der Waals surface area contributed by atoms with E-state index in [-0.39, 0.29) is 11.4 Å². The number of carbonyl (C=O) groups excluding carboxylic acids is 1. The van der Waals surface area contributed by atoms with Gasteiger partial charge in [-0.3, -0.25) is 4.98 Å². The Hall–Kier alpha value is -1.84. The minimum atomic E-state index is -0.199. The van der Waals surface area contributed by atoms with Gasteiger partial charge < -0.3 is 10.6 Å². The molecule has 0 aliphatic heterocycles. The third kappa shape index (κ3) is 4.99. The van der Waals surface area contributed by atoms with Crippen molar-refractivity contribution < 1.29 is 4.79 Å². The van der Waals surface area contributed by atoms with Crippen LogP contribution in [0.1, 0.15) is 33.3 Å². The number of allylic oxidation sites excluding steroid dienone is 1. The lowest BCUT2D eigenvalue weighted by atomic mass is 9.88. The van der Waals surface area contributed by atoms with Crippen LogP contribution in [0.3, 0.4) is 0 Å². The quantitative estimate of drug-likeness (QED) is 0.863.